The van der Waals surface area contributed by atoms with Gasteiger partial charge in [-0.1, -0.05) is 26.1 Å². The van der Waals surface area contributed by atoms with E-state index in [4.69, 9.17) is 18.0 Å². The Hall–Kier alpha value is -1.16. The summed E-state index contributed by atoms with van der Waals surface area (Å²) in [6.45, 7) is 6.44. The van der Waals surface area contributed by atoms with Gasteiger partial charge >= 0.3 is 0 Å². The fraction of sp³-hybridized carbons (Fsp3) is 0.500. The van der Waals surface area contributed by atoms with Crippen molar-refractivity contribution in [1.82, 2.24) is 4.98 Å². The average molecular weight is 235 g/mol. The Morgan fingerprint density at radius 2 is 2.19 bits per heavy atom. The van der Waals surface area contributed by atoms with Gasteiger partial charge in [0.05, 0.1) is 0 Å². The van der Waals surface area contributed by atoms with Crippen molar-refractivity contribution in [1.29, 1.82) is 0 Å². The van der Waals surface area contributed by atoms with Crippen LogP contribution in [0.15, 0.2) is 12.1 Å². The fourth-order valence-electron chi connectivity index (χ4n) is 1.78. The third kappa shape index (κ3) is 2.32. The summed E-state index contributed by atoms with van der Waals surface area (Å²) in [5.74, 6) is 0.873. The molecule has 0 bridgehead atoms. The Balaban J connectivity index is 2.18. The van der Waals surface area contributed by atoms with Crippen molar-refractivity contribution in [3.05, 3.63) is 23.4 Å². The van der Waals surface area contributed by atoms with Crippen molar-refractivity contribution in [2.45, 2.75) is 33.2 Å². The quantitative estimate of drug-likeness (QED) is 0.789. The van der Waals surface area contributed by atoms with E-state index in [0.29, 0.717) is 16.4 Å². The molecule has 3 nitrogen and oxygen atoms in total. The molecule has 0 radical (unpaired) electrons. The molecule has 1 aromatic heterocycles. The number of hydrogen-bond donors (Lipinski definition) is 2. The number of nitrogens with two attached hydrogens (primary N) is 1. The lowest BCUT2D eigenvalue weighted by molar-refractivity contribution is 0.630. The Morgan fingerprint density at radius 3 is 2.69 bits per heavy atom. The number of pyridine rings is 1. The monoisotopic (exact) mass is 235 g/mol. The maximum Gasteiger partial charge on any atom is 0.127 e. The number of rotatable bonds is 3. The predicted molar refractivity (Wildman–Crippen MR) is 70.7 cm³/mol. The molecular weight excluding hydrogens is 218 g/mol. The first-order valence-electron chi connectivity index (χ1n) is 5.43. The van der Waals surface area contributed by atoms with Gasteiger partial charge in [0, 0.05) is 17.3 Å². The molecule has 1 aliphatic carbocycles. The van der Waals surface area contributed by atoms with Gasteiger partial charge < -0.3 is 11.1 Å². The summed E-state index contributed by atoms with van der Waals surface area (Å²) in [5, 5.41) is 3.42. The van der Waals surface area contributed by atoms with Crippen LogP contribution in [0.3, 0.4) is 0 Å². The van der Waals surface area contributed by atoms with E-state index in [2.05, 4.69) is 24.1 Å². The standard InChI is InChI=1S/C12H17N3S/c1-7-4-8(11(13)16)5-10(14-7)15-9-6-12(9,2)3/h4-5,9H,6H2,1-3H3,(H2,13,16)(H,14,15). The summed E-state index contributed by atoms with van der Waals surface area (Å²) in [6, 6.07) is 4.34. The van der Waals surface area contributed by atoms with Crippen molar-refractivity contribution < 1.29 is 0 Å². The van der Waals surface area contributed by atoms with Crippen LogP contribution in [0.5, 0.6) is 0 Å². The normalized spacial score (nSPS) is 21.6. The first kappa shape index (κ1) is 11.3. The molecule has 1 fully saturated rings. The lowest BCUT2D eigenvalue weighted by atomic mass is 10.2. The summed E-state index contributed by atoms with van der Waals surface area (Å²) in [6.07, 6.45) is 1.19. The van der Waals surface area contributed by atoms with Crippen LogP contribution in [-0.2, 0) is 0 Å². The number of nitrogens with one attached hydrogen (secondary N) is 1. The first-order chi connectivity index (χ1) is 7.38. The summed E-state index contributed by atoms with van der Waals surface area (Å²) in [7, 11) is 0. The van der Waals surface area contributed by atoms with Crippen molar-refractivity contribution in [3.8, 4) is 0 Å². The molecule has 1 aliphatic rings. The Kier molecular flexibility index (Phi) is 2.62. The maximum atomic E-state index is 5.63. The number of aromatic nitrogens is 1. The van der Waals surface area contributed by atoms with Gasteiger partial charge in [-0.2, -0.15) is 0 Å². The zero-order chi connectivity index (χ0) is 11.9. The highest BCUT2D eigenvalue weighted by Gasteiger charge is 2.45. The van der Waals surface area contributed by atoms with Crippen molar-refractivity contribution >= 4 is 23.0 Å². The molecule has 0 aromatic carbocycles. The smallest absolute Gasteiger partial charge is 0.127 e. The number of thiocarbonyl (C=S) groups is 1. The lowest BCUT2D eigenvalue weighted by Crippen LogP contribution is -2.14. The fourth-order valence-corrected chi connectivity index (χ4v) is 1.89. The number of hydrogen-bond acceptors (Lipinski definition) is 3. The van der Waals surface area contributed by atoms with Crippen LogP contribution in [0.25, 0.3) is 0 Å². The molecule has 1 aromatic rings. The van der Waals surface area contributed by atoms with Gasteiger partial charge in [0.25, 0.3) is 0 Å². The summed E-state index contributed by atoms with van der Waals surface area (Å²) in [5.41, 5.74) is 7.83. The van der Waals surface area contributed by atoms with Crippen LogP contribution >= 0.6 is 12.2 Å². The van der Waals surface area contributed by atoms with Gasteiger partial charge in [-0.3, -0.25) is 0 Å². The Morgan fingerprint density at radius 1 is 1.56 bits per heavy atom. The highest BCUT2D eigenvalue weighted by molar-refractivity contribution is 7.80. The van der Waals surface area contributed by atoms with E-state index in [1.807, 2.05) is 19.1 Å². The molecule has 3 N–H and O–H groups in total. The van der Waals surface area contributed by atoms with Crippen LogP contribution in [0, 0.1) is 12.3 Å². The lowest BCUT2D eigenvalue weighted by Gasteiger charge is -2.09. The van der Waals surface area contributed by atoms with Crippen LogP contribution < -0.4 is 11.1 Å². The molecule has 2 rings (SSSR count). The van der Waals surface area contributed by atoms with Gasteiger partial charge in [-0.25, -0.2) is 4.98 Å². The van der Waals surface area contributed by atoms with Crippen LogP contribution in [0.2, 0.25) is 0 Å². The van der Waals surface area contributed by atoms with E-state index in [9.17, 15) is 0 Å². The second kappa shape index (κ2) is 3.70. The summed E-state index contributed by atoms with van der Waals surface area (Å²) >= 11 is 4.98. The first-order valence-corrected chi connectivity index (χ1v) is 5.84. The van der Waals surface area contributed by atoms with Gasteiger partial charge in [-0.15, -0.1) is 0 Å². The molecule has 0 aliphatic heterocycles. The molecule has 0 saturated heterocycles. The minimum Gasteiger partial charge on any atom is -0.389 e. The highest BCUT2D eigenvalue weighted by Crippen LogP contribution is 2.46. The second-order valence-corrected chi connectivity index (χ2v) is 5.58. The highest BCUT2D eigenvalue weighted by atomic mass is 32.1. The summed E-state index contributed by atoms with van der Waals surface area (Å²) in [4.78, 5) is 4.86. The van der Waals surface area contributed by atoms with E-state index < -0.39 is 0 Å². The van der Waals surface area contributed by atoms with Gasteiger partial charge in [-0.05, 0) is 30.9 Å². The number of nitrogens with zero attached hydrogens (tertiary/aromatic N) is 1. The van der Waals surface area contributed by atoms with E-state index in [1.165, 1.54) is 6.42 Å². The molecule has 0 spiro atoms. The zero-order valence-electron chi connectivity index (χ0n) is 9.87. The van der Waals surface area contributed by atoms with Crippen molar-refractivity contribution in [3.63, 3.8) is 0 Å². The largest absolute Gasteiger partial charge is 0.389 e. The minimum absolute atomic E-state index is 0.384. The molecule has 16 heavy (non-hydrogen) atoms. The summed E-state index contributed by atoms with van der Waals surface area (Å²) < 4.78 is 0. The molecule has 86 valence electrons. The van der Waals surface area contributed by atoms with E-state index in [-0.39, 0.29) is 0 Å². The minimum atomic E-state index is 0.384. The Labute approximate surface area is 101 Å². The van der Waals surface area contributed by atoms with E-state index >= 15 is 0 Å². The third-order valence-corrected chi connectivity index (χ3v) is 3.31. The molecular formula is C12H17N3S. The average Bonchev–Trinajstić information content (AvgIpc) is 2.72. The Bertz CT molecular complexity index is 440. The third-order valence-electron chi connectivity index (χ3n) is 3.07. The molecule has 1 heterocycles. The van der Waals surface area contributed by atoms with Gasteiger partial charge in [0.2, 0.25) is 0 Å². The van der Waals surface area contributed by atoms with Crippen molar-refractivity contribution in [2.24, 2.45) is 11.1 Å². The van der Waals surface area contributed by atoms with Crippen molar-refractivity contribution in [2.75, 3.05) is 5.32 Å². The molecule has 1 atom stereocenters. The number of anilines is 1. The van der Waals surface area contributed by atoms with Crippen LogP contribution in [0.4, 0.5) is 5.82 Å². The van der Waals surface area contributed by atoms with Gasteiger partial charge in [0.1, 0.15) is 10.8 Å². The zero-order valence-corrected chi connectivity index (χ0v) is 10.7. The van der Waals surface area contributed by atoms with E-state index in [0.717, 1.165) is 17.1 Å². The topological polar surface area (TPSA) is 50.9 Å². The maximum absolute atomic E-state index is 5.63. The van der Waals surface area contributed by atoms with Crippen LogP contribution in [-0.4, -0.2) is 16.0 Å². The van der Waals surface area contributed by atoms with E-state index in [1.54, 1.807) is 0 Å². The molecule has 1 unspecified atom stereocenters. The van der Waals surface area contributed by atoms with Gasteiger partial charge in [0.15, 0.2) is 0 Å². The SMILES string of the molecule is Cc1cc(C(N)=S)cc(NC2CC2(C)C)n1. The second-order valence-electron chi connectivity index (χ2n) is 5.14. The molecule has 1 saturated carbocycles. The van der Waals surface area contributed by atoms with Crippen LogP contribution in [0.1, 0.15) is 31.5 Å². The number of aryl methyl sites for hydroxylation is 1. The molecule has 0 amide bonds. The molecule has 4 heteroatoms. The predicted octanol–water partition coefficient (Wildman–Crippen LogP) is 2.23.